The number of halogens is 3. The minimum atomic E-state index is -0.576. The van der Waals surface area contributed by atoms with Crippen molar-refractivity contribution in [1.29, 1.82) is 0 Å². The fourth-order valence-corrected chi connectivity index (χ4v) is 3.57. The molecule has 4 rings (SSSR count). The van der Waals surface area contributed by atoms with E-state index in [1.165, 1.54) is 41.3 Å². The van der Waals surface area contributed by atoms with Crippen LogP contribution in [0.2, 0.25) is 15.1 Å². The van der Waals surface area contributed by atoms with Crippen molar-refractivity contribution in [3.8, 4) is 5.75 Å². The lowest BCUT2D eigenvalue weighted by atomic mass is 10.2. The normalized spacial score (nSPS) is 10.8. The third-order valence-electron chi connectivity index (χ3n) is 4.52. The maximum absolute atomic E-state index is 12.5. The molecule has 0 atom stereocenters. The van der Waals surface area contributed by atoms with Crippen LogP contribution in [0, 0.1) is 10.1 Å². The van der Waals surface area contributed by atoms with Crippen LogP contribution in [-0.2, 0) is 13.2 Å². The topological polar surface area (TPSA) is 125 Å². The minimum Gasteiger partial charge on any atom is -0.484 e. The summed E-state index contributed by atoms with van der Waals surface area (Å²) in [5.41, 5.74) is 0.510. The third-order valence-corrected chi connectivity index (χ3v) is 5.55. The van der Waals surface area contributed by atoms with Crippen LogP contribution in [0.5, 0.6) is 5.75 Å². The number of hydrogen-bond donors (Lipinski definition) is 1. The summed E-state index contributed by atoms with van der Waals surface area (Å²) >= 11 is 18.4. The Balaban J connectivity index is 1.37. The molecule has 34 heavy (non-hydrogen) atoms. The Kier molecular flexibility index (Phi) is 7.01. The van der Waals surface area contributed by atoms with E-state index in [9.17, 15) is 14.9 Å². The molecule has 174 valence electrons. The van der Waals surface area contributed by atoms with Crippen molar-refractivity contribution in [3.05, 3.63) is 97.1 Å². The zero-order valence-electron chi connectivity index (χ0n) is 17.1. The van der Waals surface area contributed by atoms with E-state index in [4.69, 9.17) is 44.0 Å². The van der Waals surface area contributed by atoms with Crippen LogP contribution in [0.15, 0.2) is 59.3 Å². The molecule has 0 aliphatic rings. The first-order valence-corrected chi connectivity index (χ1v) is 10.7. The van der Waals surface area contributed by atoms with Crippen molar-refractivity contribution in [2.24, 2.45) is 0 Å². The Morgan fingerprint density at radius 1 is 1.12 bits per heavy atom. The lowest BCUT2D eigenvalue weighted by Crippen LogP contribution is -2.12. The summed E-state index contributed by atoms with van der Waals surface area (Å²) in [4.78, 5) is 26.9. The van der Waals surface area contributed by atoms with Crippen LogP contribution in [0.25, 0.3) is 0 Å². The average Bonchev–Trinajstić information content (AvgIpc) is 3.45. The summed E-state index contributed by atoms with van der Waals surface area (Å²) in [5.74, 6) is -0.0978. The van der Waals surface area contributed by atoms with Crippen molar-refractivity contribution in [2.45, 2.75) is 13.2 Å². The molecule has 0 saturated heterocycles. The van der Waals surface area contributed by atoms with E-state index in [1.54, 1.807) is 18.2 Å². The molecule has 2 aromatic heterocycles. The standard InChI is InChI=1S/C21H14Cl3N5O5/c22-15-2-1-3-16(23)14(15)9-28-11-25-21(27-28)26-20(30)18-7-5-13(34-18)10-33-19-8-12(29(31)32)4-6-17(19)24/h1-8,11H,9-10H2,(H,26,27,30). The number of aromatic nitrogens is 3. The van der Waals surface area contributed by atoms with Crippen LogP contribution in [-0.4, -0.2) is 25.6 Å². The Morgan fingerprint density at radius 2 is 1.88 bits per heavy atom. The Bertz CT molecular complexity index is 1350. The highest BCUT2D eigenvalue weighted by Gasteiger charge is 2.16. The molecule has 2 heterocycles. The highest BCUT2D eigenvalue weighted by molar-refractivity contribution is 6.36. The molecule has 10 nitrogen and oxygen atoms in total. The Labute approximate surface area is 207 Å². The van der Waals surface area contributed by atoms with Gasteiger partial charge in [-0.05, 0) is 30.3 Å². The van der Waals surface area contributed by atoms with Gasteiger partial charge in [-0.3, -0.25) is 20.2 Å². The number of nitro benzene ring substituents is 1. The van der Waals surface area contributed by atoms with Gasteiger partial charge in [0, 0.05) is 21.7 Å². The number of carbonyl (C=O) groups is 1. The molecule has 0 radical (unpaired) electrons. The number of non-ortho nitro benzene ring substituents is 1. The first-order chi connectivity index (χ1) is 16.3. The Hall–Kier alpha value is -3.60. The number of rotatable bonds is 8. The highest BCUT2D eigenvalue weighted by atomic mass is 35.5. The molecule has 0 bridgehead atoms. The molecule has 2 aromatic carbocycles. The molecule has 0 saturated carbocycles. The fraction of sp³-hybridized carbons (Fsp3) is 0.0952. The van der Waals surface area contributed by atoms with E-state index in [-0.39, 0.29) is 41.3 Å². The van der Waals surface area contributed by atoms with Gasteiger partial charge in [0.05, 0.1) is 22.6 Å². The largest absolute Gasteiger partial charge is 0.484 e. The molecule has 0 aliphatic heterocycles. The number of nitrogens with zero attached hydrogens (tertiary/aromatic N) is 4. The molecular weight excluding hydrogens is 509 g/mol. The van der Waals surface area contributed by atoms with Gasteiger partial charge in [-0.2, -0.15) is 0 Å². The number of amides is 1. The number of ether oxygens (including phenoxy) is 1. The van der Waals surface area contributed by atoms with E-state index in [2.05, 4.69) is 15.4 Å². The second-order valence-electron chi connectivity index (χ2n) is 6.85. The maximum atomic E-state index is 12.5. The van der Waals surface area contributed by atoms with E-state index in [1.807, 2.05) is 0 Å². The van der Waals surface area contributed by atoms with Crippen LogP contribution in [0.4, 0.5) is 11.6 Å². The minimum absolute atomic E-state index is 0.00534. The summed E-state index contributed by atoms with van der Waals surface area (Å²) in [6, 6.07) is 12.0. The summed E-state index contributed by atoms with van der Waals surface area (Å²) < 4.78 is 12.5. The van der Waals surface area contributed by atoms with E-state index in [0.717, 1.165) is 0 Å². The van der Waals surface area contributed by atoms with Gasteiger partial charge in [-0.1, -0.05) is 40.9 Å². The van der Waals surface area contributed by atoms with Crippen molar-refractivity contribution < 1.29 is 18.9 Å². The third kappa shape index (κ3) is 5.48. The number of anilines is 1. The van der Waals surface area contributed by atoms with Crippen LogP contribution >= 0.6 is 34.8 Å². The van der Waals surface area contributed by atoms with Gasteiger partial charge >= 0.3 is 0 Å². The summed E-state index contributed by atoms with van der Waals surface area (Å²) in [5, 5.41) is 18.8. The molecule has 0 aliphatic carbocycles. The molecule has 0 unspecified atom stereocenters. The highest BCUT2D eigenvalue weighted by Crippen LogP contribution is 2.30. The van der Waals surface area contributed by atoms with E-state index in [0.29, 0.717) is 21.4 Å². The molecule has 0 fully saturated rings. The summed E-state index contributed by atoms with van der Waals surface area (Å²) in [6.07, 6.45) is 1.43. The second kappa shape index (κ2) is 10.1. The second-order valence-corrected chi connectivity index (χ2v) is 8.07. The zero-order valence-corrected chi connectivity index (χ0v) is 19.3. The first kappa shape index (κ1) is 23.6. The van der Waals surface area contributed by atoms with Gasteiger partial charge in [0.2, 0.25) is 5.95 Å². The summed E-state index contributed by atoms with van der Waals surface area (Å²) in [6.45, 7) is 0.170. The lowest BCUT2D eigenvalue weighted by Gasteiger charge is -2.06. The molecule has 1 N–H and O–H groups in total. The van der Waals surface area contributed by atoms with Crippen LogP contribution in [0.3, 0.4) is 0 Å². The monoisotopic (exact) mass is 521 g/mol. The van der Waals surface area contributed by atoms with E-state index < -0.39 is 10.8 Å². The van der Waals surface area contributed by atoms with Gasteiger partial charge in [0.25, 0.3) is 11.6 Å². The van der Waals surface area contributed by atoms with Gasteiger partial charge in [0.1, 0.15) is 24.4 Å². The molecular formula is C21H14Cl3N5O5. The van der Waals surface area contributed by atoms with Gasteiger partial charge in [0.15, 0.2) is 5.76 Å². The smallest absolute Gasteiger partial charge is 0.293 e. The fourth-order valence-electron chi connectivity index (χ4n) is 2.88. The molecule has 0 spiro atoms. The van der Waals surface area contributed by atoms with Gasteiger partial charge < -0.3 is 9.15 Å². The quantitative estimate of drug-likeness (QED) is 0.235. The van der Waals surface area contributed by atoms with Crippen molar-refractivity contribution in [3.63, 3.8) is 0 Å². The summed E-state index contributed by atoms with van der Waals surface area (Å²) in [7, 11) is 0. The SMILES string of the molecule is O=C(Nc1ncn(Cc2c(Cl)cccc2Cl)n1)c1ccc(COc2cc([N+](=O)[O-])ccc2Cl)o1. The number of benzene rings is 2. The number of furan rings is 1. The van der Waals surface area contributed by atoms with Crippen LogP contribution < -0.4 is 10.1 Å². The first-order valence-electron chi connectivity index (χ1n) is 9.59. The number of hydrogen-bond acceptors (Lipinski definition) is 7. The Morgan fingerprint density at radius 3 is 2.62 bits per heavy atom. The van der Waals surface area contributed by atoms with Gasteiger partial charge in [-0.15, -0.1) is 5.10 Å². The maximum Gasteiger partial charge on any atom is 0.293 e. The van der Waals surface area contributed by atoms with Crippen molar-refractivity contribution in [2.75, 3.05) is 5.32 Å². The molecule has 4 aromatic rings. The molecule has 1 amide bonds. The number of nitrogens with one attached hydrogen (secondary N) is 1. The molecule has 13 heteroatoms. The predicted octanol–water partition coefficient (Wildman–Crippen LogP) is 5.62. The van der Waals surface area contributed by atoms with Gasteiger partial charge in [-0.25, -0.2) is 9.67 Å². The lowest BCUT2D eigenvalue weighted by molar-refractivity contribution is -0.384. The van der Waals surface area contributed by atoms with Crippen molar-refractivity contribution in [1.82, 2.24) is 14.8 Å². The average molecular weight is 523 g/mol. The number of nitro groups is 1. The number of carbonyl (C=O) groups excluding carboxylic acids is 1. The van der Waals surface area contributed by atoms with Crippen LogP contribution in [0.1, 0.15) is 21.9 Å². The van der Waals surface area contributed by atoms with Crippen molar-refractivity contribution >= 4 is 52.3 Å². The zero-order chi connectivity index (χ0) is 24.2. The van der Waals surface area contributed by atoms with E-state index >= 15 is 0 Å². The predicted molar refractivity (Wildman–Crippen MR) is 125 cm³/mol.